The van der Waals surface area contributed by atoms with Crippen LogP contribution >= 0.6 is 0 Å². The number of hydrogen-bond donors (Lipinski definition) is 2. The molecule has 12 heteroatoms. The number of carbonyl (C=O) groups excluding carboxylic acids is 1. The van der Waals surface area contributed by atoms with Crippen LogP contribution in [0.4, 0.5) is 10.1 Å². The lowest BCUT2D eigenvalue weighted by molar-refractivity contribution is -0.124. The Kier molecular flexibility index (Phi) is 7.44. The summed E-state index contributed by atoms with van der Waals surface area (Å²) in [5.41, 5.74) is 1.50. The number of fused-ring (bicyclic) bond motifs is 1. The molecule has 0 saturated carbocycles. The summed E-state index contributed by atoms with van der Waals surface area (Å²) >= 11 is 0. The molecule has 0 radical (unpaired) electrons. The molecule has 0 fully saturated rings. The maximum absolute atomic E-state index is 13.7. The van der Waals surface area contributed by atoms with Crippen LogP contribution in [0, 0.1) is 18.7 Å². The van der Waals surface area contributed by atoms with Crippen LogP contribution in [0.15, 0.2) is 64.7 Å². The number of aromatic nitrogens is 3. The van der Waals surface area contributed by atoms with Crippen LogP contribution in [0.25, 0.3) is 22.0 Å². The van der Waals surface area contributed by atoms with E-state index in [0.717, 1.165) is 6.07 Å². The van der Waals surface area contributed by atoms with E-state index in [1.165, 1.54) is 56.4 Å². The Balaban J connectivity index is 1.73. The molecule has 2 N–H and O–H groups in total. The van der Waals surface area contributed by atoms with Gasteiger partial charge in [-0.3, -0.25) is 18.9 Å². The van der Waals surface area contributed by atoms with Gasteiger partial charge < -0.3 is 10.1 Å². The molecule has 4 aromatic rings. The Morgan fingerprint density at radius 2 is 1.89 bits per heavy atom. The van der Waals surface area contributed by atoms with Gasteiger partial charge in [0.1, 0.15) is 11.5 Å². The standard InChI is InChI=1S/C26H26FN5O5S/c1-15-9-19(6-7-21(15)27)38(35,36)31-23-11-18(12-29-25(23)37-4)17-5-8-22-20(10-17)26(34)32(14-30-22)13-16(2)24(33)28-3/h5-12,14,16,31H,13H2,1-4H3,(H,28,33)/t16-/m1/s1. The topological polar surface area (TPSA) is 132 Å². The molecule has 0 aliphatic carbocycles. The third-order valence-electron chi connectivity index (χ3n) is 6.05. The summed E-state index contributed by atoms with van der Waals surface area (Å²) in [6.07, 6.45) is 2.89. The average molecular weight is 540 g/mol. The zero-order valence-electron chi connectivity index (χ0n) is 21.1. The van der Waals surface area contributed by atoms with Gasteiger partial charge >= 0.3 is 0 Å². The van der Waals surface area contributed by atoms with E-state index in [1.807, 2.05) is 0 Å². The van der Waals surface area contributed by atoms with Gasteiger partial charge in [0, 0.05) is 25.4 Å². The molecule has 4 rings (SSSR count). The van der Waals surface area contributed by atoms with E-state index in [2.05, 4.69) is 20.0 Å². The Labute approximate surface area is 218 Å². The van der Waals surface area contributed by atoms with Crippen molar-refractivity contribution in [1.82, 2.24) is 19.9 Å². The van der Waals surface area contributed by atoms with Gasteiger partial charge in [0.2, 0.25) is 11.8 Å². The molecule has 0 aliphatic heterocycles. The van der Waals surface area contributed by atoms with E-state index in [-0.39, 0.29) is 40.0 Å². The van der Waals surface area contributed by atoms with Crippen LogP contribution in [-0.2, 0) is 21.4 Å². The number of aryl methyl sites for hydroxylation is 1. The van der Waals surface area contributed by atoms with Gasteiger partial charge in [0.15, 0.2) is 0 Å². The summed E-state index contributed by atoms with van der Waals surface area (Å²) in [5, 5.41) is 2.89. The van der Waals surface area contributed by atoms with Crippen LogP contribution in [0.3, 0.4) is 0 Å². The van der Waals surface area contributed by atoms with Crippen molar-refractivity contribution in [2.45, 2.75) is 25.3 Å². The molecule has 2 aromatic carbocycles. The van der Waals surface area contributed by atoms with Crippen molar-refractivity contribution in [1.29, 1.82) is 0 Å². The molecule has 2 aromatic heterocycles. The van der Waals surface area contributed by atoms with Crippen LogP contribution in [0.5, 0.6) is 5.88 Å². The van der Waals surface area contributed by atoms with Crippen molar-refractivity contribution in [2.75, 3.05) is 18.9 Å². The normalized spacial score (nSPS) is 12.2. The lowest BCUT2D eigenvalue weighted by Gasteiger charge is -2.14. The van der Waals surface area contributed by atoms with Gasteiger partial charge in [-0.15, -0.1) is 0 Å². The first kappa shape index (κ1) is 26.7. The number of benzene rings is 2. The van der Waals surface area contributed by atoms with Gasteiger partial charge in [-0.2, -0.15) is 0 Å². The second-order valence-electron chi connectivity index (χ2n) is 8.75. The molecule has 0 unspecified atom stereocenters. The number of carbonyl (C=O) groups is 1. The highest BCUT2D eigenvalue weighted by atomic mass is 32.2. The SMILES string of the molecule is CNC(=O)[C@H](C)Cn1cnc2ccc(-c3cnc(OC)c(NS(=O)(=O)c4ccc(F)c(C)c4)c3)cc2c1=O. The number of sulfonamides is 1. The van der Waals surface area contributed by atoms with E-state index in [9.17, 15) is 22.4 Å². The fraction of sp³-hybridized carbons (Fsp3) is 0.231. The van der Waals surface area contributed by atoms with Gasteiger partial charge in [-0.05, 0) is 54.4 Å². The Morgan fingerprint density at radius 1 is 1.13 bits per heavy atom. The van der Waals surface area contributed by atoms with E-state index in [0.29, 0.717) is 22.0 Å². The highest BCUT2D eigenvalue weighted by molar-refractivity contribution is 7.92. The number of ether oxygens (including phenoxy) is 1. The van der Waals surface area contributed by atoms with Crippen LogP contribution in [-0.4, -0.2) is 43.0 Å². The number of rotatable bonds is 8. The predicted molar refractivity (Wildman–Crippen MR) is 141 cm³/mol. The molecule has 0 bridgehead atoms. The van der Waals surface area contributed by atoms with Gasteiger partial charge in [-0.25, -0.2) is 22.8 Å². The Morgan fingerprint density at radius 3 is 2.58 bits per heavy atom. The summed E-state index contributed by atoms with van der Waals surface area (Å²) in [5.74, 6) is -1.12. The minimum Gasteiger partial charge on any atom is -0.480 e. The average Bonchev–Trinajstić information content (AvgIpc) is 2.90. The van der Waals surface area contributed by atoms with Crippen molar-refractivity contribution < 1.29 is 22.3 Å². The molecule has 198 valence electrons. The number of nitrogens with one attached hydrogen (secondary N) is 2. The van der Waals surface area contributed by atoms with Crippen LogP contribution in [0.1, 0.15) is 12.5 Å². The molecule has 1 atom stereocenters. The molecule has 0 aliphatic rings. The third-order valence-corrected chi connectivity index (χ3v) is 7.41. The van der Waals surface area contributed by atoms with Gasteiger partial charge in [0.05, 0.1) is 35.2 Å². The van der Waals surface area contributed by atoms with Crippen molar-refractivity contribution in [2.24, 2.45) is 5.92 Å². The number of halogens is 1. The predicted octanol–water partition coefficient (Wildman–Crippen LogP) is 3.10. The van der Waals surface area contributed by atoms with Gasteiger partial charge in [-0.1, -0.05) is 13.0 Å². The third kappa shape index (κ3) is 5.35. The number of amides is 1. The molecule has 2 heterocycles. The molecule has 0 spiro atoms. The first-order valence-corrected chi connectivity index (χ1v) is 13.1. The van der Waals surface area contributed by atoms with Crippen LogP contribution < -0.4 is 20.3 Å². The molecule has 38 heavy (non-hydrogen) atoms. The van der Waals surface area contributed by atoms with E-state index >= 15 is 0 Å². The number of anilines is 1. The number of hydrogen-bond acceptors (Lipinski definition) is 7. The van der Waals surface area contributed by atoms with E-state index in [4.69, 9.17) is 4.74 Å². The zero-order valence-corrected chi connectivity index (χ0v) is 22.0. The first-order valence-electron chi connectivity index (χ1n) is 11.6. The quantitative estimate of drug-likeness (QED) is 0.352. The smallest absolute Gasteiger partial charge is 0.262 e. The molecular formula is C26H26FN5O5S. The van der Waals surface area contributed by atoms with Crippen LogP contribution in [0.2, 0.25) is 0 Å². The largest absolute Gasteiger partial charge is 0.480 e. The van der Waals surface area contributed by atoms with Crippen molar-refractivity contribution in [3.05, 3.63) is 76.7 Å². The lowest BCUT2D eigenvalue weighted by atomic mass is 10.0. The monoisotopic (exact) mass is 539 g/mol. The summed E-state index contributed by atoms with van der Waals surface area (Å²) < 4.78 is 48.7. The van der Waals surface area contributed by atoms with Crippen molar-refractivity contribution in [3.63, 3.8) is 0 Å². The first-order chi connectivity index (χ1) is 18.0. The minimum absolute atomic E-state index is 0.0316. The van der Waals surface area contributed by atoms with Crippen molar-refractivity contribution >= 4 is 32.5 Å². The van der Waals surface area contributed by atoms with E-state index < -0.39 is 21.8 Å². The summed E-state index contributed by atoms with van der Waals surface area (Å²) in [7, 11) is -1.20. The summed E-state index contributed by atoms with van der Waals surface area (Å²) in [6, 6.07) is 10.1. The number of pyridine rings is 1. The maximum Gasteiger partial charge on any atom is 0.262 e. The summed E-state index contributed by atoms with van der Waals surface area (Å²) in [6.45, 7) is 3.34. The number of nitrogens with zero attached hydrogens (tertiary/aromatic N) is 3. The molecule has 0 saturated heterocycles. The molecule has 10 nitrogen and oxygen atoms in total. The zero-order chi connectivity index (χ0) is 27.6. The summed E-state index contributed by atoms with van der Waals surface area (Å²) in [4.78, 5) is 33.5. The minimum atomic E-state index is -4.08. The van der Waals surface area contributed by atoms with E-state index in [1.54, 1.807) is 25.1 Å². The second kappa shape index (κ2) is 10.6. The fourth-order valence-corrected chi connectivity index (χ4v) is 5.06. The Bertz CT molecular complexity index is 1700. The molecule has 1 amide bonds. The lowest BCUT2D eigenvalue weighted by Crippen LogP contribution is -2.32. The molecular weight excluding hydrogens is 513 g/mol. The number of methoxy groups -OCH3 is 1. The highest BCUT2D eigenvalue weighted by Gasteiger charge is 2.20. The maximum atomic E-state index is 13.7. The second-order valence-corrected chi connectivity index (χ2v) is 10.4. The highest BCUT2D eigenvalue weighted by Crippen LogP contribution is 2.31. The fourth-order valence-electron chi connectivity index (χ4n) is 3.93. The Hall–Kier alpha value is -4.32. The van der Waals surface area contributed by atoms with Gasteiger partial charge in [0.25, 0.3) is 15.6 Å². The van der Waals surface area contributed by atoms with Crippen molar-refractivity contribution in [3.8, 4) is 17.0 Å².